The van der Waals surface area contributed by atoms with E-state index >= 15 is 0 Å². The van der Waals surface area contributed by atoms with Crippen molar-refractivity contribution in [3.05, 3.63) is 55.9 Å². The minimum Gasteiger partial charge on any atom is -0.353 e. The van der Waals surface area contributed by atoms with Gasteiger partial charge in [0, 0.05) is 22.6 Å². The van der Waals surface area contributed by atoms with E-state index in [4.69, 9.17) is 0 Å². The molecule has 6 nitrogen and oxygen atoms in total. The summed E-state index contributed by atoms with van der Waals surface area (Å²) in [7, 11) is 0. The molecule has 0 spiro atoms. The second-order valence-corrected chi connectivity index (χ2v) is 9.50. The molecular weight excluding hydrogens is 374 g/mol. The molecule has 2 atom stereocenters. The number of thiophene rings is 1. The maximum atomic E-state index is 12.9. The van der Waals surface area contributed by atoms with Crippen molar-refractivity contribution >= 4 is 27.9 Å². The number of anilines is 1. The first-order valence-corrected chi connectivity index (χ1v) is 10.6. The van der Waals surface area contributed by atoms with Crippen LogP contribution in [0.4, 0.5) is 10.7 Å². The van der Waals surface area contributed by atoms with Gasteiger partial charge in [0.2, 0.25) is 0 Å². The zero-order valence-corrected chi connectivity index (χ0v) is 17.2. The number of benzene rings is 1. The Morgan fingerprint density at radius 3 is 2.82 bits per heavy atom. The molecule has 0 radical (unpaired) electrons. The fourth-order valence-electron chi connectivity index (χ4n) is 4.24. The quantitative estimate of drug-likeness (QED) is 0.556. The number of hydrogen-bond acceptors (Lipinski definition) is 5. The molecule has 1 aliphatic carbocycles. The fourth-order valence-corrected chi connectivity index (χ4v) is 5.59. The first kappa shape index (κ1) is 18.9. The normalized spacial score (nSPS) is 21.3. The maximum absolute atomic E-state index is 12.9. The van der Waals surface area contributed by atoms with Crippen molar-refractivity contribution in [3.63, 3.8) is 0 Å². The van der Waals surface area contributed by atoms with Gasteiger partial charge in [-0.1, -0.05) is 39.3 Å². The van der Waals surface area contributed by atoms with Crippen LogP contribution in [-0.2, 0) is 12.8 Å². The number of fused-ring (bicyclic) bond motifs is 3. The highest BCUT2D eigenvalue weighted by atomic mass is 32.1. The standard InChI is InChI=1S/C21H25N3O3S/c1-4-21(2,3)13-8-9-15-16(11-13)28-20-17(15)19(25)22-18(23-20)12-6-5-7-14(10-12)24(26)27/h5-7,10,13,18,23H,4,8-9,11H2,1-3H3,(H,22,25)/t13-,18+/m0/s1. The lowest BCUT2D eigenvalue weighted by Gasteiger charge is -2.36. The summed E-state index contributed by atoms with van der Waals surface area (Å²) in [5.41, 5.74) is 2.96. The molecule has 7 heteroatoms. The SMILES string of the molecule is CCC(C)(C)[C@H]1CCc2c(sc3c2C(=O)N[C@@H](c2cccc([N+](=O)[O-])c2)N3)C1. The third-order valence-corrected chi connectivity index (χ3v) is 7.66. The Morgan fingerprint density at radius 2 is 2.11 bits per heavy atom. The third kappa shape index (κ3) is 3.17. The van der Waals surface area contributed by atoms with E-state index in [0.717, 1.165) is 36.2 Å². The second kappa shape index (κ2) is 6.88. The molecule has 148 valence electrons. The van der Waals surface area contributed by atoms with Gasteiger partial charge in [0.05, 0.1) is 10.5 Å². The Balaban J connectivity index is 1.63. The number of rotatable bonds is 4. The molecule has 1 amide bonds. The molecule has 4 rings (SSSR count). The van der Waals surface area contributed by atoms with Crippen LogP contribution in [0.15, 0.2) is 24.3 Å². The Bertz CT molecular complexity index is 950. The Labute approximate surface area is 168 Å². The third-order valence-electron chi connectivity index (χ3n) is 6.47. The zero-order chi connectivity index (χ0) is 20.1. The first-order valence-electron chi connectivity index (χ1n) is 9.76. The summed E-state index contributed by atoms with van der Waals surface area (Å²) in [6, 6.07) is 6.41. The van der Waals surface area contributed by atoms with Gasteiger partial charge in [-0.05, 0) is 36.2 Å². The number of carbonyl (C=O) groups excluding carboxylic acids is 1. The van der Waals surface area contributed by atoms with Crippen molar-refractivity contribution < 1.29 is 9.72 Å². The highest BCUT2D eigenvalue weighted by Gasteiger charge is 2.37. The summed E-state index contributed by atoms with van der Waals surface area (Å²) < 4.78 is 0. The number of hydrogen-bond donors (Lipinski definition) is 2. The van der Waals surface area contributed by atoms with Crippen molar-refractivity contribution in [1.82, 2.24) is 5.32 Å². The number of nitro groups is 1. The van der Waals surface area contributed by atoms with Gasteiger partial charge in [0.15, 0.2) is 0 Å². The van der Waals surface area contributed by atoms with Crippen LogP contribution in [0.5, 0.6) is 0 Å². The van der Waals surface area contributed by atoms with E-state index in [9.17, 15) is 14.9 Å². The summed E-state index contributed by atoms with van der Waals surface area (Å²) >= 11 is 1.67. The van der Waals surface area contributed by atoms with Crippen LogP contribution in [0.1, 0.15) is 66.1 Å². The van der Waals surface area contributed by atoms with Crippen LogP contribution in [0.25, 0.3) is 0 Å². The molecule has 1 aromatic heterocycles. The predicted octanol–water partition coefficient (Wildman–Crippen LogP) is 5.05. The highest BCUT2D eigenvalue weighted by molar-refractivity contribution is 7.16. The lowest BCUT2D eigenvalue weighted by molar-refractivity contribution is -0.384. The molecule has 0 saturated carbocycles. The number of nitrogens with zero attached hydrogens (tertiary/aromatic N) is 1. The van der Waals surface area contributed by atoms with E-state index in [1.165, 1.54) is 22.6 Å². The van der Waals surface area contributed by atoms with E-state index < -0.39 is 11.1 Å². The molecule has 1 aromatic carbocycles. The molecule has 2 N–H and O–H groups in total. The zero-order valence-electron chi connectivity index (χ0n) is 16.4. The monoisotopic (exact) mass is 399 g/mol. The van der Waals surface area contributed by atoms with Crippen molar-refractivity contribution in [2.24, 2.45) is 11.3 Å². The highest BCUT2D eigenvalue weighted by Crippen LogP contribution is 2.47. The van der Waals surface area contributed by atoms with Gasteiger partial charge in [0.1, 0.15) is 11.2 Å². The van der Waals surface area contributed by atoms with E-state index in [2.05, 4.69) is 31.4 Å². The second-order valence-electron chi connectivity index (χ2n) is 8.39. The summed E-state index contributed by atoms with van der Waals surface area (Å²) in [5.74, 6) is 0.539. The lowest BCUT2D eigenvalue weighted by Crippen LogP contribution is -2.38. The summed E-state index contributed by atoms with van der Waals surface area (Å²) in [5, 5.41) is 18.3. The number of nitro benzene ring substituents is 1. The maximum Gasteiger partial charge on any atom is 0.269 e. The van der Waals surface area contributed by atoms with Crippen molar-refractivity contribution in [2.75, 3.05) is 5.32 Å². The van der Waals surface area contributed by atoms with Gasteiger partial charge in [-0.2, -0.15) is 0 Å². The van der Waals surface area contributed by atoms with Crippen LogP contribution in [-0.4, -0.2) is 10.8 Å². The van der Waals surface area contributed by atoms with Gasteiger partial charge >= 0.3 is 0 Å². The average Bonchev–Trinajstić information content (AvgIpc) is 3.06. The molecule has 28 heavy (non-hydrogen) atoms. The molecule has 2 aliphatic rings. The van der Waals surface area contributed by atoms with Crippen LogP contribution >= 0.6 is 11.3 Å². The van der Waals surface area contributed by atoms with Gasteiger partial charge < -0.3 is 10.6 Å². The van der Waals surface area contributed by atoms with Crippen molar-refractivity contribution in [2.45, 2.75) is 52.6 Å². The fraction of sp³-hybridized carbons (Fsp3) is 0.476. The summed E-state index contributed by atoms with van der Waals surface area (Å²) in [6.07, 6.45) is 3.75. The molecule has 2 aromatic rings. The predicted molar refractivity (Wildman–Crippen MR) is 111 cm³/mol. The average molecular weight is 400 g/mol. The molecule has 1 aliphatic heterocycles. The van der Waals surface area contributed by atoms with Crippen LogP contribution in [0, 0.1) is 21.4 Å². The topological polar surface area (TPSA) is 84.3 Å². The molecule has 0 fully saturated rings. The Morgan fingerprint density at radius 1 is 1.32 bits per heavy atom. The van der Waals surface area contributed by atoms with Crippen LogP contribution < -0.4 is 10.6 Å². The van der Waals surface area contributed by atoms with Gasteiger partial charge in [-0.25, -0.2) is 0 Å². The number of nitrogens with one attached hydrogen (secondary N) is 2. The lowest BCUT2D eigenvalue weighted by atomic mass is 9.69. The summed E-state index contributed by atoms with van der Waals surface area (Å²) in [6.45, 7) is 6.91. The van der Waals surface area contributed by atoms with E-state index in [1.807, 2.05) is 0 Å². The van der Waals surface area contributed by atoms with Gasteiger partial charge in [0.25, 0.3) is 11.6 Å². The summed E-state index contributed by atoms with van der Waals surface area (Å²) in [4.78, 5) is 24.8. The van der Waals surface area contributed by atoms with E-state index in [-0.39, 0.29) is 11.6 Å². The van der Waals surface area contributed by atoms with Crippen molar-refractivity contribution in [1.29, 1.82) is 0 Å². The minimum absolute atomic E-state index is 0.0226. The molecule has 0 unspecified atom stereocenters. The van der Waals surface area contributed by atoms with Crippen LogP contribution in [0.3, 0.4) is 0 Å². The van der Waals surface area contributed by atoms with Crippen LogP contribution in [0.2, 0.25) is 0 Å². The molecule has 0 bridgehead atoms. The molecule has 0 saturated heterocycles. The smallest absolute Gasteiger partial charge is 0.269 e. The van der Waals surface area contributed by atoms with Gasteiger partial charge in [-0.15, -0.1) is 11.3 Å². The van der Waals surface area contributed by atoms with Crippen molar-refractivity contribution in [3.8, 4) is 0 Å². The number of non-ortho nitro benzene ring substituents is 1. The molecular formula is C21H25N3O3S. The van der Waals surface area contributed by atoms with E-state index in [0.29, 0.717) is 16.9 Å². The minimum atomic E-state index is -0.456. The number of amides is 1. The first-order chi connectivity index (χ1) is 13.3. The van der Waals surface area contributed by atoms with Gasteiger partial charge in [-0.3, -0.25) is 14.9 Å². The molecule has 2 heterocycles. The Hall–Kier alpha value is -2.41. The number of carbonyl (C=O) groups is 1. The Kier molecular flexibility index (Phi) is 4.65. The largest absolute Gasteiger partial charge is 0.353 e. The van der Waals surface area contributed by atoms with E-state index in [1.54, 1.807) is 23.5 Å².